The van der Waals surface area contributed by atoms with E-state index in [9.17, 15) is 0 Å². The zero-order valence-electron chi connectivity index (χ0n) is 12.4. The molecule has 0 saturated heterocycles. The van der Waals surface area contributed by atoms with Crippen LogP contribution in [-0.4, -0.2) is 6.54 Å². The van der Waals surface area contributed by atoms with E-state index < -0.39 is 0 Å². The minimum atomic E-state index is 0.440. The van der Waals surface area contributed by atoms with Gasteiger partial charge in [0.15, 0.2) is 0 Å². The SMILES string of the molecule is CC(C)CNCc1sc2c(Cl)ccc(Cl)c2c1C(C)C. The van der Waals surface area contributed by atoms with Crippen molar-refractivity contribution in [1.29, 1.82) is 0 Å². The molecule has 0 aliphatic heterocycles. The van der Waals surface area contributed by atoms with Gasteiger partial charge in [-0.2, -0.15) is 0 Å². The zero-order chi connectivity index (χ0) is 14.9. The molecule has 1 N–H and O–H groups in total. The molecule has 0 atom stereocenters. The van der Waals surface area contributed by atoms with Gasteiger partial charge in [0.05, 0.1) is 9.72 Å². The topological polar surface area (TPSA) is 12.0 Å². The van der Waals surface area contributed by atoms with Crippen LogP contribution in [0.4, 0.5) is 0 Å². The summed E-state index contributed by atoms with van der Waals surface area (Å²) >= 11 is 14.5. The number of benzene rings is 1. The van der Waals surface area contributed by atoms with Crippen molar-refractivity contribution in [3.8, 4) is 0 Å². The highest BCUT2D eigenvalue weighted by molar-refractivity contribution is 7.20. The summed E-state index contributed by atoms with van der Waals surface area (Å²) in [5, 5.41) is 6.26. The predicted molar refractivity (Wildman–Crippen MR) is 92.5 cm³/mol. The second-order valence-corrected chi connectivity index (χ2v) is 7.77. The van der Waals surface area contributed by atoms with Crippen molar-refractivity contribution in [3.63, 3.8) is 0 Å². The summed E-state index contributed by atoms with van der Waals surface area (Å²) < 4.78 is 1.12. The lowest BCUT2D eigenvalue weighted by molar-refractivity contribution is 0.553. The monoisotopic (exact) mass is 329 g/mol. The molecule has 0 aliphatic carbocycles. The standard InChI is InChI=1S/C16H21Cl2NS/c1-9(2)7-19-8-13-14(10(3)4)15-11(17)5-6-12(18)16(15)20-13/h5-6,9-10,19H,7-8H2,1-4H3. The Labute approximate surface area is 135 Å². The quantitative estimate of drug-likeness (QED) is 0.701. The number of hydrogen-bond donors (Lipinski definition) is 1. The minimum Gasteiger partial charge on any atom is -0.312 e. The van der Waals surface area contributed by atoms with E-state index in [1.807, 2.05) is 12.1 Å². The Balaban J connectivity index is 2.46. The van der Waals surface area contributed by atoms with Crippen molar-refractivity contribution in [1.82, 2.24) is 5.32 Å². The normalized spacial score (nSPS) is 12.0. The molecule has 20 heavy (non-hydrogen) atoms. The van der Waals surface area contributed by atoms with Crippen LogP contribution in [-0.2, 0) is 6.54 Å². The summed E-state index contributed by atoms with van der Waals surface area (Å²) in [4.78, 5) is 1.35. The van der Waals surface area contributed by atoms with Crippen LogP contribution in [0.2, 0.25) is 10.0 Å². The summed E-state index contributed by atoms with van der Waals surface area (Å²) in [6.07, 6.45) is 0. The fourth-order valence-corrected chi connectivity index (χ4v) is 4.36. The smallest absolute Gasteiger partial charge is 0.0585 e. The van der Waals surface area contributed by atoms with Crippen LogP contribution >= 0.6 is 34.5 Å². The van der Waals surface area contributed by atoms with Gasteiger partial charge in [-0.15, -0.1) is 11.3 Å². The number of fused-ring (bicyclic) bond motifs is 1. The van der Waals surface area contributed by atoms with Crippen molar-refractivity contribution in [2.24, 2.45) is 5.92 Å². The van der Waals surface area contributed by atoms with Crippen molar-refractivity contribution in [2.45, 2.75) is 40.2 Å². The van der Waals surface area contributed by atoms with E-state index in [4.69, 9.17) is 23.2 Å². The Bertz CT molecular complexity index is 602. The Morgan fingerprint density at radius 1 is 1.10 bits per heavy atom. The van der Waals surface area contributed by atoms with Crippen LogP contribution in [0.15, 0.2) is 12.1 Å². The largest absolute Gasteiger partial charge is 0.312 e. The van der Waals surface area contributed by atoms with Gasteiger partial charge < -0.3 is 5.32 Å². The molecule has 4 heteroatoms. The maximum atomic E-state index is 6.40. The van der Waals surface area contributed by atoms with Crippen LogP contribution < -0.4 is 5.32 Å². The number of rotatable bonds is 5. The fraction of sp³-hybridized carbons (Fsp3) is 0.500. The number of halogens is 2. The molecule has 0 amide bonds. The van der Waals surface area contributed by atoms with Gasteiger partial charge in [-0.1, -0.05) is 50.9 Å². The molecule has 110 valence electrons. The highest BCUT2D eigenvalue weighted by Gasteiger charge is 2.19. The van der Waals surface area contributed by atoms with Gasteiger partial charge in [-0.3, -0.25) is 0 Å². The molecule has 0 bridgehead atoms. The number of nitrogens with one attached hydrogen (secondary N) is 1. The van der Waals surface area contributed by atoms with Gasteiger partial charge in [0.25, 0.3) is 0 Å². The highest BCUT2D eigenvalue weighted by atomic mass is 35.5. The van der Waals surface area contributed by atoms with Crippen molar-refractivity contribution in [2.75, 3.05) is 6.54 Å². The predicted octanol–water partition coefficient (Wildman–Crippen LogP) is 6.08. The molecular weight excluding hydrogens is 309 g/mol. The van der Waals surface area contributed by atoms with Gasteiger partial charge in [0, 0.05) is 21.8 Å². The Morgan fingerprint density at radius 3 is 2.35 bits per heavy atom. The third-order valence-corrected chi connectivity index (χ3v) is 5.25. The van der Waals surface area contributed by atoms with E-state index in [2.05, 4.69) is 33.0 Å². The first-order valence-corrected chi connectivity index (χ1v) is 8.59. The molecule has 1 aromatic heterocycles. The summed E-state index contributed by atoms with van der Waals surface area (Å²) in [6.45, 7) is 10.8. The first-order chi connectivity index (χ1) is 9.41. The van der Waals surface area contributed by atoms with Gasteiger partial charge in [0.2, 0.25) is 0 Å². The van der Waals surface area contributed by atoms with E-state index in [-0.39, 0.29) is 0 Å². The summed E-state index contributed by atoms with van der Waals surface area (Å²) in [7, 11) is 0. The minimum absolute atomic E-state index is 0.440. The van der Waals surface area contributed by atoms with Crippen molar-refractivity contribution >= 4 is 44.6 Å². The van der Waals surface area contributed by atoms with E-state index in [1.165, 1.54) is 10.4 Å². The molecule has 2 rings (SSSR count). The molecule has 1 nitrogen and oxygen atoms in total. The molecule has 0 spiro atoms. The average molecular weight is 330 g/mol. The molecule has 0 fully saturated rings. The van der Waals surface area contributed by atoms with Crippen molar-refractivity contribution < 1.29 is 0 Å². The van der Waals surface area contributed by atoms with E-state index in [0.29, 0.717) is 11.8 Å². The van der Waals surface area contributed by atoms with Gasteiger partial charge in [-0.05, 0) is 36.1 Å². The summed E-state index contributed by atoms with van der Waals surface area (Å²) in [5.74, 6) is 1.09. The second kappa shape index (κ2) is 6.65. The number of thiophene rings is 1. The Kier molecular flexibility index (Phi) is 5.36. The van der Waals surface area contributed by atoms with Crippen LogP contribution in [0.1, 0.15) is 44.1 Å². The molecule has 2 aromatic rings. The van der Waals surface area contributed by atoms with E-state index >= 15 is 0 Å². The van der Waals surface area contributed by atoms with Gasteiger partial charge >= 0.3 is 0 Å². The second-order valence-electron chi connectivity index (χ2n) is 5.85. The Morgan fingerprint density at radius 2 is 1.75 bits per heavy atom. The Hall–Kier alpha value is -0.280. The number of hydrogen-bond acceptors (Lipinski definition) is 2. The van der Waals surface area contributed by atoms with Crippen molar-refractivity contribution in [3.05, 3.63) is 32.6 Å². The average Bonchev–Trinajstić information content (AvgIpc) is 2.74. The molecule has 0 aliphatic rings. The molecule has 0 saturated carbocycles. The molecule has 1 aromatic carbocycles. The summed E-state index contributed by atoms with van der Waals surface area (Å²) in [6, 6.07) is 3.79. The zero-order valence-corrected chi connectivity index (χ0v) is 14.7. The third kappa shape index (κ3) is 3.30. The first-order valence-electron chi connectivity index (χ1n) is 7.01. The fourth-order valence-electron chi connectivity index (χ4n) is 2.42. The summed E-state index contributed by atoms with van der Waals surface area (Å²) in [5.41, 5.74) is 1.34. The maximum Gasteiger partial charge on any atom is 0.0585 e. The molecule has 0 radical (unpaired) electrons. The highest BCUT2D eigenvalue weighted by Crippen LogP contribution is 2.43. The van der Waals surface area contributed by atoms with Crippen LogP contribution in [0.5, 0.6) is 0 Å². The lowest BCUT2D eigenvalue weighted by atomic mass is 9.99. The van der Waals surface area contributed by atoms with Gasteiger partial charge in [-0.25, -0.2) is 0 Å². The molecular formula is C16H21Cl2NS. The third-order valence-electron chi connectivity index (χ3n) is 3.27. The van der Waals surface area contributed by atoms with E-state index in [1.54, 1.807) is 11.3 Å². The van der Waals surface area contributed by atoms with Crippen LogP contribution in [0.3, 0.4) is 0 Å². The van der Waals surface area contributed by atoms with Crippen LogP contribution in [0, 0.1) is 5.92 Å². The van der Waals surface area contributed by atoms with Gasteiger partial charge in [0.1, 0.15) is 0 Å². The molecule has 0 unspecified atom stereocenters. The maximum absolute atomic E-state index is 6.40. The van der Waals surface area contributed by atoms with E-state index in [0.717, 1.165) is 33.2 Å². The first kappa shape index (κ1) is 16.1. The lowest BCUT2D eigenvalue weighted by Crippen LogP contribution is -2.19. The molecule has 1 heterocycles. The van der Waals surface area contributed by atoms with Crippen LogP contribution in [0.25, 0.3) is 10.1 Å². The lowest BCUT2D eigenvalue weighted by Gasteiger charge is -2.11.